The number of likely N-dealkylation sites (N-methyl/N-ethyl adjacent to an activating group) is 1. The molecule has 0 aromatic heterocycles. The summed E-state index contributed by atoms with van der Waals surface area (Å²) in [4.78, 5) is 23.9. The molecule has 1 rings (SSSR count). The molecule has 4 heteroatoms. The third-order valence-corrected chi connectivity index (χ3v) is 2.97. The van der Waals surface area contributed by atoms with Crippen molar-refractivity contribution < 1.29 is 14.7 Å². The van der Waals surface area contributed by atoms with E-state index in [4.69, 9.17) is 5.11 Å². The van der Waals surface area contributed by atoms with Crippen LogP contribution in [0.15, 0.2) is 24.3 Å². The van der Waals surface area contributed by atoms with Crippen LogP contribution in [0.4, 0.5) is 5.69 Å². The molecule has 0 aliphatic rings. The summed E-state index contributed by atoms with van der Waals surface area (Å²) in [5.74, 6) is -1.08. The van der Waals surface area contributed by atoms with Crippen molar-refractivity contribution >= 4 is 17.4 Å². The summed E-state index contributed by atoms with van der Waals surface area (Å²) >= 11 is 0. The van der Waals surface area contributed by atoms with Crippen molar-refractivity contribution in [1.82, 2.24) is 0 Å². The second kappa shape index (κ2) is 5.67. The average Bonchev–Trinajstić information content (AvgIpc) is 2.28. The summed E-state index contributed by atoms with van der Waals surface area (Å²) in [6.45, 7) is 5.47. The van der Waals surface area contributed by atoms with Crippen molar-refractivity contribution in [3.8, 4) is 0 Å². The van der Waals surface area contributed by atoms with Crippen molar-refractivity contribution in [3.05, 3.63) is 29.8 Å². The van der Waals surface area contributed by atoms with Crippen LogP contribution < -0.4 is 4.90 Å². The summed E-state index contributed by atoms with van der Waals surface area (Å²) in [5, 5.41) is 9.06. The van der Waals surface area contributed by atoms with E-state index < -0.39 is 12.0 Å². The van der Waals surface area contributed by atoms with Gasteiger partial charge in [-0.3, -0.25) is 4.79 Å². The standard InChI is InChI=1S/C14H19NO3/c1-9(2)11-5-7-12(8-6-11)15(4)13(10(3)16)14(17)18/h5-9,13H,1-4H3,(H,17,18). The van der Waals surface area contributed by atoms with E-state index in [1.807, 2.05) is 24.3 Å². The number of aliphatic carboxylic acids is 1. The number of rotatable bonds is 5. The van der Waals surface area contributed by atoms with Gasteiger partial charge in [0.1, 0.15) is 0 Å². The molecule has 1 unspecified atom stereocenters. The number of Topliss-reactive ketones (excluding diaryl/α,β-unsaturated/α-hetero) is 1. The molecule has 1 atom stereocenters. The van der Waals surface area contributed by atoms with E-state index in [0.29, 0.717) is 5.92 Å². The zero-order chi connectivity index (χ0) is 13.9. The van der Waals surface area contributed by atoms with Gasteiger partial charge in [-0.05, 0) is 30.5 Å². The van der Waals surface area contributed by atoms with Crippen molar-refractivity contribution in [2.75, 3.05) is 11.9 Å². The smallest absolute Gasteiger partial charge is 0.334 e. The lowest BCUT2D eigenvalue weighted by Gasteiger charge is -2.25. The molecule has 0 saturated heterocycles. The zero-order valence-electron chi connectivity index (χ0n) is 11.2. The Hall–Kier alpha value is -1.84. The molecular weight excluding hydrogens is 230 g/mol. The van der Waals surface area contributed by atoms with Gasteiger partial charge >= 0.3 is 5.97 Å². The molecule has 0 radical (unpaired) electrons. The van der Waals surface area contributed by atoms with Gasteiger partial charge in [0.15, 0.2) is 11.8 Å². The number of ketones is 1. The quantitative estimate of drug-likeness (QED) is 0.813. The predicted molar refractivity (Wildman–Crippen MR) is 71.0 cm³/mol. The molecule has 18 heavy (non-hydrogen) atoms. The Labute approximate surface area is 107 Å². The minimum Gasteiger partial charge on any atom is -0.479 e. The Kier molecular flexibility index (Phi) is 4.48. The number of carboxylic acid groups (broad SMARTS) is 1. The average molecular weight is 249 g/mol. The monoisotopic (exact) mass is 249 g/mol. The van der Waals surface area contributed by atoms with Crippen LogP contribution >= 0.6 is 0 Å². The van der Waals surface area contributed by atoms with Gasteiger partial charge in [-0.1, -0.05) is 26.0 Å². The summed E-state index contributed by atoms with van der Waals surface area (Å²) in [6.07, 6.45) is 0. The molecule has 0 fully saturated rings. The summed E-state index contributed by atoms with van der Waals surface area (Å²) in [5.41, 5.74) is 1.91. The number of carboxylic acids is 1. The van der Waals surface area contributed by atoms with E-state index >= 15 is 0 Å². The maximum absolute atomic E-state index is 11.4. The van der Waals surface area contributed by atoms with E-state index in [9.17, 15) is 9.59 Å². The van der Waals surface area contributed by atoms with Crippen LogP contribution in [0.5, 0.6) is 0 Å². The van der Waals surface area contributed by atoms with Crippen molar-refractivity contribution in [2.45, 2.75) is 32.7 Å². The van der Waals surface area contributed by atoms with Gasteiger partial charge in [0.25, 0.3) is 0 Å². The molecule has 0 spiro atoms. The van der Waals surface area contributed by atoms with Crippen LogP contribution in [0.25, 0.3) is 0 Å². The van der Waals surface area contributed by atoms with E-state index in [1.54, 1.807) is 7.05 Å². The third-order valence-electron chi connectivity index (χ3n) is 2.97. The lowest BCUT2D eigenvalue weighted by molar-refractivity contribution is -0.141. The van der Waals surface area contributed by atoms with Gasteiger partial charge in [-0.2, -0.15) is 0 Å². The first-order valence-corrected chi connectivity index (χ1v) is 5.90. The lowest BCUT2D eigenvalue weighted by atomic mass is 10.0. The first-order chi connectivity index (χ1) is 8.34. The SMILES string of the molecule is CC(=O)C(C(=O)O)N(C)c1ccc(C(C)C)cc1. The predicted octanol–water partition coefficient (Wildman–Crippen LogP) is 2.29. The Morgan fingerprint density at radius 1 is 1.17 bits per heavy atom. The molecule has 0 heterocycles. The maximum Gasteiger partial charge on any atom is 0.334 e. The Balaban J connectivity index is 2.98. The first-order valence-electron chi connectivity index (χ1n) is 5.90. The van der Waals surface area contributed by atoms with E-state index in [-0.39, 0.29) is 5.78 Å². The molecular formula is C14H19NO3. The highest BCUT2D eigenvalue weighted by Gasteiger charge is 2.27. The molecule has 0 amide bonds. The Morgan fingerprint density at radius 3 is 2.00 bits per heavy atom. The molecule has 1 aromatic rings. The number of hydrogen-bond donors (Lipinski definition) is 1. The molecule has 0 aliphatic heterocycles. The summed E-state index contributed by atoms with van der Waals surface area (Å²) in [6, 6.07) is 6.46. The number of anilines is 1. The lowest BCUT2D eigenvalue weighted by Crippen LogP contribution is -2.43. The normalized spacial score (nSPS) is 12.3. The second-order valence-electron chi connectivity index (χ2n) is 4.71. The minimum atomic E-state index is -1.13. The van der Waals surface area contributed by atoms with Crippen LogP contribution in [0.2, 0.25) is 0 Å². The zero-order valence-corrected chi connectivity index (χ0v) is 11.2. The van der Waals surface area contributed by atoms with Gasteiger partial charge in [0.05, 0.1) is 0 Å². The van der Waals surface area contributed by atoms with Crippen LogP contribution in [0, 0.1) is 0 Å². The van der Waals surface area contributed by atoms with Crippen molar-refractivity contribution in [1.29, 1.82) is 0 Å². The Morgan fingerprint density at radius 2 is 1.67 bits per heavy atom. The third kappa shape index (κ3) is 3.09. The summed E-state index contributed by atoms with van der Waals surface area (Å²) in [7, 11) is 1.62. The van der Waals surface area contributed by atoms with Gasteiger partial charge in [0, 0.05) is 12.7 Å². The highest BCUT2D eigenvalue weighted by molar-refractivity contribution is 6.04. The van der Waals surface area contributed by atoms with E-state index in [2.05, 4.69) is 13.8 Å². The second-order valence-corrected chi connectivity index (χ2v) is 4.71. The van der Waals surface area contributed by atoms with Crippen LogP contribution in [-0.4, -0.2) is 29.9 Å². The number of nitrogens with zero attached hydrogens (tertiary/aromatic N) is 1. The van der Waals surface area contributed by atoms with Crippen molar-refractivity contribution in [2.24, 2.45) is 0 Å². The van der Waals surface area contributed by atoms with Crippen LogP contribution in [0.1, 0.15) is 32.3 Å². The van der Waals surface area contributed by atoms with Gasteiger partial charge in [-0.25, -0.2) is 4.79 Å². The number of hydrogen-bond acceptors (Lipinski definition) is 3. The maximum atomic E-state index is 11.4. The highest BCUT2D eigenvalue weighted by Crippen LogP contribution is 2.21. The van der Waals surface area contributed by atoms with Gasteiger partial charge in [-0.15, -0.1) is 0 Å². The minimum absolute atomic E-state index is 0.377. The van der Waals surface area contributed by atoms with Crippen LogP contribution in [-0.2, 0) is 9.59 Å². The number of carbonyl (C=O) groups excluding carboxylic acids is 1. The molecule has 0 saturated carbocycles. The fraction of sp³-hybridized carbons (Fsp3) is 0.429. The first kappa shape index (κ1) is 14.2. The Bertz CT molecular complexity index is 423. The summed E-state index contributed by atoms with van der Waals surface area (Å²) < 4.78 is 0. The molecule has 0 aliphatic carbocycles. The van der Waals surface area contributed by atoms with Gasteiger partial charge in [0.2, 0.25) is 0 Å². The van der Waals surface area contributed by atoms with Crippen molar-refractivity contribution in [3.63, 3.8) is 0 Å². The van der Waals surface area contributed by atoms with E-state index in [1.165, 1.54) is 17.4 Å². The molecule has 1 aromatic carbocycles. The van der Waals surface area contributed by atoms with Crippen LogP contribution in [0.3, 0.4) is 0 Å². The largest absolute Gasteiger partial charge is 0.479 e. The fourth-order valence-corrected chi connectivity index (χ4v) is 1.86. The van der Waals surface area contributed by atoms with E-state index in [0.717, 1.165) is 5.69 Å². The number of carbonyl (C=O) groups is 2. The molecule has 98 valence electrons. The molecule has 0 bridgehead atoms. The fourth-order valence-electron chi connectivity index (χ4n) is 1.86. The topological polar surface area (TPSA) is 57.6 Å². The molecule has 4 nitrogen and oxygen atoms in total. The number of benzene rings is 1. The van der Waals surface area contributed by atoms with Gasteiger partial charge < -0.3 is 10.0 Å². The molecule has 1 N–H and O–H groups in total. The highest BCUT2D eigenvalue weighted by atomic mass is 16.4.